The largest absolute Gasteiger partial charge is 0.341 e. The molecule has 164 valence electrons. The van der Waals surface area contributed by atoms with Crippen molar-refractivity contribution in [3.8, 4) is 0 Å². The Labute approximate surface area is 181 Å². The van der Waals surface area contributed by atoms with Crippen LogP contribution in [0.1, 0.15) is 44.9 Å². The van der Waals surface area contributed by atoms with Gasteiger partial charge in [0, 0.05) is 38.3 Å². The molecule has 8 heteroatoms. The number of non-ortho nitro benzene ring substituents is 1. The lowest BCUT2D eigenvalue weighted by molar-refractivity contribution is -0.384. The Morgan fingerprint density at radius 3 is 2.45 bits per heavy atom. The van der Waals surface area contributed by atoms with E-state index in [9.17, 15) is 14.9 Å². The van der Waals surface area contributed by atoms with E-state index >= 15 is 0 Å². The molecule has 1 amide bonds. The number of nitrogens with zero attached hydrogens (tertiary/aromatic N) is 4. The van der Waals surface area contributed by atoms with Gasteiger partial charge < -0.3 is 14.8 Å². The first-order valence-electron chi connectivity index (χ1n) is 11.7. The Bertz CT molecular complexity index is 1010. The van der Waals surface area contributed by atoms with Crippen LogP contribution in [0.3, 0.4) is 0 Å². The topological polar surface area (TPSA) is 95.4 Å². The van der Waals surface area contributed by atoms with E-state index in [1.807, 2.05) is 0 Å². The number of nitro groups is 1. The fraction of sp³-hybridized carbons (Fsp3) is 0.652. The van der Waals surface area contributed by atoms with Gasteiger partial charge in [0.1, 0.15) is 0 Å². The summed E-state index contributed by atoms with van der Waals surface area (Å²) in [6.45, 7) is 3.09. The fourth-order valence-electron chi connectivity index (χ4n) is 7.29. The smallest absolute Gasteiger partial charge is 0.271 e. The minimum atomic E-state index is -0.389. The Kier molecular flexibility index (Phi) is 4.27. The molecular weight excluding hydrogens is 394 g/mol. The van der Waals surface area contributed by atoms with Crippen LogP contribution in [0.15, 0.2) is 18.2 Å². The van der Waals surface area contributed by atoms with Gasteiger partial charge in [0.2, 0.25) is 11.9 Å². The average molecular weight is 424 g/mol. The van der Waals surface area contributed by atoms with Gasteiger partial charge in [-0.25, -0.2) is 4.98 Å². The summed E-state index contributed by atoms with van der Waals surface area (Å²) < 4.78 is 0. The predicted molar refractivity (Wildman–Crippen MR) is 117 cm³/mol. The van der Waals surface area contributed by atoms with Crippen molar-refractivity contribution >= 4 is 28.6 Å². The normalized spacial score (nSPS) is 32.5. The number of H-pyrrole nitrogens is 1. The van der Waals surface area contributed by atoms with E-state index in [2.05, 4.69) is 19.8 Å². The number of anilines is 1. The highest BCUT2D eigenvalue weighted by molar-refractivity contribution is 5.83. The first-order valence-corrected chi connectivity index (χ1v) is 11.7. The molecule has 1 N–H and O–H groups in total. The van der Waals surface area contributed by atoms with Gasteiger partial charge in [-0.2, -0.15) is 0 Å². The van der Waals surface area contributed by atoms with Crippen LogP contribution in [0.4, 0.5) is 11.6 Å². The summed E-state index contributed by atoms with van der Waals surface area (Å²) >= 11 is 0. The van der Waals surface area contributed by atoms with Gasteiger partial charge in [-0.15, -0.1) is 0 Å². The van der Waals surface area contributed by atoms with Crippen LogP contribution in [0.5, 0.6) is 0 Å². The molecule has 5 fully saturated rings. The number of amides is 1. The lowest BCUT2D eigenvalue weighted by Gasteiger charge is -2.56. The number of rotatable bonds is 3. The molecule has 7 rings (SSSR count). The molecule has 0 radical (unpaired) electrons. The molecule has 4 bridgehead atoms. The first-order chi connectivity index (χ1) is 15.0. The summed E-state index contributed by atoms with van der Waals surface area (Å²) in [5.41, 5.74) is 1.38. The molecule has 1 aromatic heterocycles. The quantitative estimate of drug-likeness (QED) is 0.600. The number of nitrogens with one attached hydrogen (secondary N) is 1. The predicted octanol–water partition coefficient (Wildman–Crippen LogP) is 3.73. The highest BCUT2D eigenvalue weighted by atomic mass is 16.6. The van der Waals surface area contributed by atoms with Crippen LogP contribution in [-0.2, 0) is 4.79 Å². The van der Waals surface area contributed by atoms with E-state index in [0.29, 0.717) is 11.4 Å². The van der Waals surface area contributed by atoms with Crippen LogP contribution < -0.4 is 4.90 Å². The lowest BCUT2D eigenvalue weighted by Crippen LogP contribution is -2.55. The summed E-state index contributed by atoms with van der Waals surface area (Å²) in [6.07, 6.45) is 8.30. The highest BCUT2D eigenvalue weighted by Crippen LogP contribution is 2.60. The number of imidazole rings is 1. The number of hydrogen-bond donors (Lipinski definition) is 1. The summed E-state index contributed by atoms with van der Waals surface area (Å²) in [4.78, 5) is 36.6. The Balaban J connectivity index is 1.18. The van der Waals surface area contributed by atoms with Gasteiger partial charge in [0.25, 0.3) is 5.69 Å². The summed E-state index contributed by atoms with van der Waals surface area (Å²) in [5, 5.41) is 11.1. The molecule has 2 heterocycles. The molecule has 0 spiro atoms. The number of fused-ring (bicyclic) bond motifs is 1. The van der Waals surface area contributed by atoms with Crippen molar-refractivity contribution in [1.82, 2.24) is 14.9 Å². The summed E-state index contributed by atoms with van der Waals surface area (Å²) in [5.74, 6) is 3.48. The maximum atomic E-state index is 13.7. The molecule has 1 aromatic carbocycles. The van der Waals surface area contributed by atoms with E-state index in [1.165, 1.54) is 31.4 Å². The SMILES string of the molecule is O=C(N1CCCN(c2nc3ccc([N+](=O)[O-])cc3[nH]2)CC1)C12CC3CC(CC(C3)C1)C2. The van der Waals surface area contributed by atoms with Crippen molar-refractivity contribution < 1.29 is 9.72 Å². The minimum absolute atomic E-state index is 0.0610. The monoisotopic (exact) mass is 423 g/mol. The number of nitro benzene ring substituents is 1. The Hall–Kier alpha value is -2.64. The average Bonchev–Trinajstić information content (AvgIpc) is 3.00. The van der Waals surface area contributed by atoms with Gasteiger partial charge in [0.15, 0.2) is 0 Å². The van der Waals surface area contributed by atoms with Crippen molar-refractivity contribution in [2.45, 2.75) is 44.9 Å². The number of benzene rings is 1. The molecule has 2 aromatic rings. The number of carbonyl (C=O) groups is 1. The molecule has 4 saturated carbocycles. The van der Waals surface area contributed by atoms with E-state index < -0.39 is 0 Å². The maximum Gasteiger partial charge on any atom is 0.271 e. The lowest BCUT2D eigenvalue weighted by atomic mass is 9.49. The van der Waals surface area contributed by atoms with Crippen molar-refractivity contribution in [3.63, 3.8) is 0 Å². The Morgan fingerprint density at radius 2 is 1.77 bits per heavy atom. The van der Waals surface area contributed by atoms with Crippen molar-refractivity contribution in [1.29, 1.82) is 0 Å². The highest BCUT2D eigenvalue weighted by Gasteiger charge is 2.55. The number of aromatic nitrogens is 2. The van der Waals surface area contributed by atoms with Crippen LogP contribution in [-0.4, -0.2) is 51.9 Å². The number of hydrogen-bond acceptors (Lipinski definition) is 5. The second-order valence-corrected chi connectivity index (χ2v) is 10.3. The molecule has 4 aliphatic carbocycles. The first kappa shape index (κ1) is 19.1. The molecule has 1 saturated heterocycles. The van der Waals surface area contributed by atoms with E-state index in [0.717, 1.165) is 81.1 Å². The molecule has 31 heavy (non-hydrogen) atoms. The molecule has 5 aliphatic rings. The number of aromatic amines is 1. The van der Waals surface area contributed by atoms with Crippen molar-refractivity contribution in [3.05, 3.63) is 28.3 Å². The molecule has 8 nitrogen and oxygen atoms in total. The van der Waals surface area contributed by atoms with Crippen molar-refractivity contribution in [2.24, 2.45) is 23.2 Å². The fourth-order valence-corrected chi connectivity index (χ4v) is 7.29. The zero-order chi connectivity index (χ0) is 21.2. The summed E-state index contributed by atoms with van der Waals surface area (Å²) in [6, 6.07) is 4.71. The zero-order valence-corrected chi connectivity index (χ0v) is 17.8. The van der Waals surface area contributed by atoms with Gasteiger partial charge in [-0.05, 0) is 68.8 Å². The third-order valence-electron chi connectivity index (χ3n) is 8.24. The zero-order valence-electron chi connectivity index (χ0n) is 17.8. The molecule has 1 aliphatic heterocycles. The summed E-state index contributed by atoms with van der Waals surface area (Å²) in [7, 11) is 0. The van der Waals surface area contributed by atoms with Gasteiger partial charge >= 0.3 is 0 Å². The van der Waals surface area contributed by atoms with E-state index in [-0.39, 0.29) is 16.0 Å². The Morgan fingerprint density at radius 1 is 1.06 bits per heavy atom. The van der Waals surface area contributed by atoms with Gasteiger partial charge in [-0.3, -0.25) is 14.9 Å². The number of carbonyl (C=O) groups excluding carboxylic acids is 1. The van der Waals surface area contributed by atoms with E-state index in [1.54, 1.807) is 6.07 Å². The molecular formula is C23H29N5O3. The molecule has 0 unspecified atom stereocenters. The van der Waals surface area contributed by atoms with Crippen LogP contribution in [0.25, 0.3) is 11.0 Å². The second kappa shape index (κ2) is 6.93. The van der Waals surface area contributed by atoms with Crippen LogP contribution in [0, 0.1) is 33.3 Å². The molecule has 0 atom stereocenters. The standard InChI is InChI=1S/C23H29N5O3/c29-21(23-12-15-8-16(13-23)10-17(9-15)14-23)26-4-1-5-27(7-6-26)22-24-19-3-2-18(28(30)31)11-20(19)25-22/h2-3,11,15-17H,1,4-10,12-14H2,(H,24,25). The van der Waals surface area contributed by atoms with Gasteiger partial charge in [0.05, 0.1) is 21.4 Å². The third-order valence-corrected chi connectivity index (χ3v) is 8.24. The van der Waals surface area contributed by atoms with Crippen LogP contribution >= 0.6 is 0 Å². The second-order valence-electron chi connectivity index (χ2n) is 10.3. The maximum absolute atomic E-state index is 13.7. The van der Waals surface area contributed by atoms with E-state index in [4.69, 9.17) is 0 Å². The van der Waals surface area contributed by atoms with Crippen molar-refractivity contribution in [2.75, 3.05) is 31.1 Å². The minimum Gasteiger partial charge on any atom is -0.341 e. The van der Waals surface area contributed by atoms with Crippen LogP contribution in [0.2, 0.25) is 0 Å². The van der Waals surface area contributed by atoms with Gasteiger partial charge in [-0.1, -0.05) is 0 Å². The third kappa shape index (κ3) is 3.18.